The summed E-state index contributed by atoms with van der Waals surface area (Å²) in [7, 11) is 0. The van der Waals surface area contributed by atoms with Gasteiger partial charge in [-0.1, -0.05) is 0 Å². The lowest BCUT2D eigenvalue weighted by molar-refractivity contribution is 0.700. The number of aromatic nitrogens is 2. The van der Waals surface area contributed by atoms with Crippen molar-refractivity contribution in [2.45, 2.75) is 25.7 Å². The Morgan fingerprint density at radius 3 is 3.23 bits per heavy atom. The van der Waals surface area contributed by atoms with Gasteiger partial charge < -0.3 is 0 Å². The Kier molecular flexibility index (Phi) is 1.59. The summed E-state index contributed by atoms with van der Waals surface area (Å²) < 4.78 is 0. The summed E-state index contributed by atoms with van der Waals surface area (Å²) in [6.07, 6.45) is 9.70. The van der Waals surface area contributed by atoms with Crippen LogP contribution in [0.25, 0.3) is 10.2 Å². The smallest absolute Gasteiger partial charge is 0.127 e. The van der Waals surface area contributed by atoms with E-state index in [0.717, 1.165) is 4.83 Å². The molecule has 2 heterocycles. The van der Waals surface area contributed by atoms with Crippen LogP contribution in [0.4, 0.5) is 0 Å². The molecule has 0 atom stereocenters. The highest BCUT2D eigenvalue weighted by Crippen LogP contribution is 2.34. The van der Waals surface area contributed by atoms with E-state index in [1.54, 1.807) is 6.33 Å². The highest BCUT2D eigenvalue weighted by atomic mass is 32.1. The second kappa shape index (κ2) is 2.77. The molecular formula is C10H9N2S. The third kappa shape index (κ3) is 1.07. The van der Waals surface area contributed by atoms with Crippen LogP contribution in [-0.4, -0.2) is 9.97 Å². The van der Waals surface area contributed by atoms with Gasteiger partial charge in [0.05, 0.1) is 0 Å². The highest BCUT2D eigenvalue weighted by molar-refractivity contribution is 7.18. The topological polar surface area (TPSA) is 25.8 Å². The van der Waals surface area contributed by atoms with Crippen molar-refractivity contribution < 1.29 is 0 Å². The van der Waals surface area contributed by atoms with Gasteiger partial charge in [0.2, 0.25) is 0 Å². The maximum absolute atomic E-state index is 4.26. The van der Waals surface area contributed by atoms with Crippen molar-refractivity contribution in [3.8, 4) is 0 Å². The molecule has 2 aromatic rings. The fourth-order valence-electron chi connectivity index (χ4n) is 1.93. The Balaban J connectivity index is 2.34. The molecule has 0 fully saturated rings. The van der Waals surface area contributed by atoms with Gasteiger partial charge in [0, 0.05) is 10.3 Å². The van der Waals surface area contributed by atoms with Gasteiger partial charge in [-0.2, -0.15) is 0 Å². The number of hydrogen-bond acceptors (Lipinski definition) is 3. The molecule has 3 rings (SSSR count). The third-order valence-electron chi connectivity index (χ3n) is 2.56. The largest absolute Gasteiger partial charge is 0.234 e. The highest BCUT2D eigenvalue weighted by Gasteiger charge is 2.16. The molecule has 3 heteroatoms. The number of nitrogens with zero attached hydrogens (tertiary/aromatic N) is 2. The van der Waals surface area contributed by atoms with Crippen LogP contribution in [0.1, 0.15) is 23.3 Å². The van der Waals surface area contributed by atoms with Crippen LogP contribution in [0.15, 0.2) is 6.33 Å². The molecule has 0 saturated carbocycles. The second-order valence-corrected chi connectivity index (χ2v) is 4.46. The minimum atomic E-state index is 1.11. The number of fused-ring (bicyclic) bond motifs is 3. The van der Waals surface area contributed by atoms with Crippen molar-refractivity contribution in [1.82, 2.24) is 9.97 Å². The molecule has 1 aliphatic carbocycles. The quantitative estimate of drug-likeness (QED) is 0.636. The number of rotatable bonds is 0. The molecule has 0 bridgehead atoms. The molecule has 0 N–H and O–H groups in total. The minimum Gasteiger partial charge on any atom is -0.234 e. The van der Waals surface area contributed by atoms with Crippen molar-refractivity contribution in [2.75, 3.05) is 0 Å². The Morgan fingerprint density at radius 1 is 1.31 bits per heavy atom. The van der Waals surface area contributed by atoms with Gasteiger partial charge >= 0.3 is 0 Å². The maximum atomic E-state index is 4.26. The molecule has 0 amide bonds. The average molecular weight is 189 g/mol. The fraction of sp³-hybridized carbons (Fsp3) is 0.400. The van der Waals surface area contributed by atoms with Crippen LogP contribution >= 0.6 is 11.3 Å². The summed E-state index contributed by atoms with van der Waals surface area (Å²) in [5, 5.41) is 1.17. The van der Waals surface area contributed by atoms with Crippen LogP contribution in [0, 0.1) is 6.20 Å². The monoisotopic (exact) mass is 189 g/mol. The first-order valence-corrected chi connectivity index (χ1v) is 5.40. The lowest BCUT2D eigenvalue weighted by Crippen LogP contribution is -1.97. The van der Waals surface area contributed by atoms with Crippen molar-refractivity contribution in [3.05, 3.63) is 23.0 Å². The molecule has 2 aromatic heterocycles. The Hall–Kier alpha value is -0.960. The zero-order chi connectivity index (χ0) is 8.67. The molecule has 0 aromatic carbocycles. The minimum absolute atomic E-state index is 1.11. The van der Waals surface area contributed by atoms with Gasteiger partial charge in [-0.25, -0.2) is 9.97 Å². The first-order chi connectivity index (χ1) is 6.45. The van der Waals surface area contributed by atoms with E-state index in [0.29, 0.717) is 0 Å². The van der Waals surface area contributed by atoms with Crippen LogP contribution < -0.4 is 0 Å². The zero-order valence-corrected chi connectivity index (χ0v) is 8.02. The van der Waals surface area contributed by atoms with Gasteiger partial charge in [0.1, 0.15) is 17.4 Å². The van der Waals surface area contributed by atoms with E-state index in [1.165, 1.54) is 41.5 Å². The lowest BCUT2D eigenvalue weighted by atomic mass is 9.97. The summed E-state index contributed by atoms with van der Waals surface area (Å²) in [6, 6.07) is 0. The maximum Gasteiger partial charge on any atom is 0.127 e. The predicted octanol–water partition coefficient (Wildman–Crippen LogP) is 2.37. The van der Waals surface area contributed by atoms with E-state index in [-0.39, 0.29) is 0 Å². The number of aryl methyl sites for hydroxylation is 2. The van der Waals surface area contributed by atoms with E-state index < -0.39 is 0 Å². The molecule has 2 nitrogen and oxygen atoms in total. The van der Waals surface area contributed by atoms with E-state index >= 15 is 0 Å². The summed E-state index contributed by atoms with van der Waals surface area (Å²) in [4.78, 5) is 10.9. The van der Waals surface area contributed by atoms with Crippen molar-refractivity contribution >= 4 is 21.6 Å². The summed E-state index contributed by atoms with van der Waals surface area (Å²) >= 11 is 1.82. The molecule has 0 saturated heterocycles. The van der Waals surface area contributed by atoms with E-state index in [2.05, 4.69) is 16.2 Å². The normalized spacial score (nSPS) is 16.0. The zero-order valence-electron chi connectivity index (χ0n) is 7.21. The van der Waals surface area contributed by atoms with Gasteiger partial charge in [0.25, 0.3) is 0 Å². The van der Waals surface area contributed by atoms with Gasteiger partial charge in [-0.15, -0.1) is 11.3 Å². The van der Waals surface area contributed by atoms with Gasteiger partial charge in [0.15, 0.2) is 0 Å². The standard InChI is InChI=1S/C10H9N2S/c1-2-4-9-7(3-1)8-5-11-6-12-10(8)13-9/h6H,1-4H2. The van der Waals surface area contributed by atoms with Gasteiger partial charge in [-0.05, 0) is 31.2 Å². The molecule has 1 aliphatic rings. The van der Waals surface area contributed by atoms with Crippen LogP contribution in [-0.2, 0) is 12.8 Å². The molecule has 65 valence electrons. The SMILES string of the molecule is [c]1ncnc2sc3c(c12)CCCC3. The Morgan fingerprint density at radius 2 is 2.23 bits per heavy atom. The Labute approximate surface area is 80.6 Å². The predicted molar refractivity (Wildman–Crippen MR) is 52.9 cm³/mol. The van der Waals surface area contributed by atoms with E-state index in [4.69, 9.17) is 0 Å². The lowest BCUT2D eigenvalue weighted by Gasteiger charge is -2.09. The van der Waals surface area contributed by atoms with Crippen LogP contribution in [0.3, 0.4) is 0 Å². The summed E-state index contributed by atoms with van der Waals surface area (Å²) in [5.41, 5.74) is 1.46. The number of thiophene rings is 1. The van der Waals surface area contributed by atoms with Crippen molar-refractivity contribution in [1.29, 1.82) is 0 Å². The molecule has 0 aliphatic heterocycles. The van der Waals surface area contributed by atoms with Crippen molar-refractivity contribution in [2.24, 2.45) is 0 Å². The first-order valence-electron chi connectivity index (χ1n) is 4.58. The van der Waals surface area contributed by atoms with E-state index in [1.807, 2.05) is 11.3 Å². The fourth-order valence-corrected chi connectivity index (χ4v) is 3.11. The van der Waals surface area contributed by atoms with Crippen LogP contribution in [0.5, 0.6) is 0 Å². The van der Waals surface area contributed by atoms with E-state index in [9.17, 15) is 0 Å². The molecular weight excluding hydrogens is 180 g/mol. The molecule has 1 radical (unpaired) electrons. The van der Waals surface area contributed by atoms with Crippen molar-refractivity contribution in [3.63, 3.8) is 0 Å². The average Bonchev–Trinajstić information content (AvgIpc) is 2.56. The number of hydrogen-bond donors (Lipinski definition) is 0. The molecule has 0 spiro atoms. The summed E-state index contributed by atoms with van der Waals surface area (Å²) in [6.45, 7) is 0. The Bertz CT molecular complexity index is 447. The molecule has 0 unspecified atom stereocenters. The third-order valence-corrected chi connectivity index (χ3v) is 3.76. The first kappa shape index (κ1) is 7.44. The van der Waals surface area contributed by atoms with Gasteiger partial charge in [-0.3, -0.25) is 0 Å². The molecule has 13 heavy (non-hydrogen) atoms. The second-order valence-electron chi connectivity index (χ2n) is 3.38. The summed E-state index contributed by atoms with van der Waals surface area (Å²) in [5.74, 6) is 0. The van der Waals surface area contributed by atoms with Crippen LogP contribution in [0.2, 0.25) is 0 Å².